The fourth-order valence-electron chi connectivity index (χ4n) is 3.39. The Labute approximate surface area is 144 Å². The highest BCUT2D eigenvalue weighted by Gasteiger charge is 2.39. The van der Waals surface area contributed by atoms with Crippen LogP contribution in [-0.2, 0) is 4.74 Å². The van der Waals surface area contributed by atoms with E-state index in [2.05, 4.69) is 0 Å². The molecule has 1 amide bonds. The average molecular weight is 335 g/mol. The van der Waals surface area contributed by atoms with Crippen molar-refractivity contribution in [2.24, 2.45) is 5.92 Å². The van der Waals surface area contributed by atoms with E-state index < -0.39 is 5.60 Å². The molecule has 0 aromatic heterocycles. The van der Waals surface area contributed by atoms with Gasteiger partial charge in [-0.15, -0.1) is 0 Å². The summed E-state index contributed by atoms with van der Waals surface area (Å²) in [4.78, 5) is 14.2. The van der Waals surface area contributed by atoms with Crippen LogP contribution in [0.5, 0.6) is 5.75 Å². The number of nitrogens with zero attached hydrogens (tertiary/aromatic N) is 1. The minimum absolute atomic E-state index is 0.0142. The monoisotopic (exact) mass is 335 g/mol. The van der Waals surface area contributed by atoms with Gasteiger partial charge in [0.2, 0.25) is 0 Å². The van der Waals surface area contributed by atoms with Gasteiger partial charge in [-0.1, -0.05) is 12.1 Å². The molecule has 1 fully saturated rings. The van der Waals surface area contributed by atoms with Gasteiger partial charge < -0.3 is 19.5 Å². The summed E-state index contributed by atoms with van der Waals surface area (Å²) in [6, 6.07) is 7.89. The van der Waals surface area contributed by atoms with Gasteiger partial charge in [0.05, 0.1) is 7.11 Å². The van der Waals surface area contributed by atoms with Gasteiger partial charge in [0.25, 0.3) is 0 Å². The van der Waals surface area contributed by atoms with Gasteiger partial charge in [0.15, 0.2) is 0 Å². The minimum Gasteiger partial charge on any atom is -0.497 e. The summed E-state index contributed by atoms with van der Waals surface area (Å²) >= 11 is 0. The molecular formula is C19H29NO4. The van der Waals surface area contributed by atoms with Crippen molar-refractivity contribution < 1.29 is 19.4 Å². The van der Waals surface area contributed by atoms with E-state index in [1.165, 1.54) is 5.56 Å². The zero-order chi connectivity index (χ0) is 17.9. The lowest BCUT2D eigenvalue weighted by Gasteiger charge is -2.43. The molecule has 0 spiro atoms. The highest BCUT2D eigenvalue weighted by molar-refractivity contribution is 5.68. The standard InChI is InChI=1S/C19H29NO4/c1-13-17(12-21)16(14-6-8-15(23-5)9-7-14)10-11-20(13)18(22)24-19(2,3)4/h6-9,13,16-17,21H,10-12H2,1-5H3. The van der Waals surface area contributed by atoms with Gasteiger partial charge in [0, 0.05) is 25.1 Å². The summed E-state index contributed by atoms with van der Waals surface area (Å²) in [6.07, 6.45) is 0.503. The third kappa shape index (κ3) is 4.20. The van der Waals surface area contributed by atoms with Crippen molar-refractivity contribution in [3.63, 3.8) is 0 Å². The number of likely N-dealkylation sites (tertiary alicyclic amines) is 1. The smallest absolute Gasteiger partial charge is 0.410 e. The van der Waals surface area contributed by atoms with Crippen molar-refractivity contribution in [2.75, 3.05) is 20.3 Å². The molecule has 1 saturated heterocycles. The number of amides is 1. The third-order valence-electron chi connectivity index (χ3n) is 4.69. The Morgan fingerprint density at radius 3 is 2.42 bits per heavy atom. The number of hydrogen-bond acceptors (Lipinski definition) is 4. The molecule has 5 heteroatoms. The van der Waals surface area contributed by atoms with E-state index in [9.17, 15) is 9.90 Å². The van der Waals surface area contributed by atoms with Gasteiger partial charge >= 0.3 is 6.09 Å². The van der Waals surface area contributed by atoms with E-state index in [0.717, 1.165) is 12.2 Å². The van der Waals surface area contributed by atoms with Crippen LogP contribution in [0.2, 0.25) is 0 Å². The van der Waals surface area contributed by atoms with E-state index in [4.69, 9.17) is 9.47 Å². The van der Waals surface area contributed by atoms with Crippen LogP contribution in [0.25, 0.3) is 0 Å². The highest BCUT2D eigenvalue weighted by atomic mass is 16.6. The highest BCUT2D eigenvalue weighted by Crippen LogP contribution is 2.37. The van der Waals surface area contributed by atoms with Crippen molar-refractivity contribution in [1.82, 2.24) is 4.90 Å². The lowest BCUT2D eigenvalue weighted by atomic mass is 9.77. The molecule has 24 heavy (non-hydrogen) atoms. The molecule has 3 atom stereocenters. The summed E-state index contributed by atoms with van der Waals surface area (Å²) in [5.74, 6) is 1.02. The van der Waals surface area contributed by atoms with E-state index in [1.807, 2.05) is 52.0 Å². The zero-order valence-electron chi connectivity index (χ0n) is 15.3. The molecule has 0 saturated carbocycles. The van der Waals surface area contributed by atoms with E-state index >= 15 is 0 Å². The lowest BCUT2D eigenvalue weighted by Crippen LogP contribution is -2.52. The average Bonchev–Trinajstić information content (AvgIpc) is 2.52. The third-order valence-corrected chi connectivity index (χ3v) is 4.69. The van der Waals surface area contributed by atoms with Crippen LogP contribution in [0.4, 0.5) is 4.79 Å². The Bertz CT molecular complexity index is 549. The largest absolute Gasteiger partial charge is 0.497 e. The number of carbonyl (C=O) groups excluding carboxylic acids is 1. The fourth-order valence-corrected chi connectivity index (χ4v) is 3.39. The van der Waals surface area contributed by atoms with Crippen LogP contribution in [-0.4, -0.2) is 48.0 Å². The summed E-state index contributed by atoms with van der Waals surface area (Å²) < 4.78 is 10.7. The van der Waals surface area contributed by atoms with Crippen molar-refractivity contribution in [3.05, 3.63) is 29.8 Å². The molecule has 1 heterocycles. The molecule has 0 bridgehead atoms. The first-order chi connectivity index (χ1) is 11.3. The minimum atomic E-state index is -0.516. The number of aliphatic hydroxyl groups is 1. The molecule has 134 valence electrons. The first-order valence-electron chi connectivity index (χ1n) is 8.51. The number of methoxy groups -OCH3 is 1. The lowest BCUT2D eigenvalue weighted by molar-refractivity contribution is -0.00762. The van der Waals surface area contributed by atoms with Crippen LogP contribution in [0.3, 0.4) is 0 Å². The number of ether oxygens (including phenoxy) is 2. The molecule has 0 aliphatic carbocycles. The Morgan fingerprint density at radius 1 is 1.29 bits per heavy atom. The SMILES string of the molecule is COc1ccc(C2CCN(C(=O)OC(C)(C)C)C(C)C2CO)cc1. The van der Waals surface area contributed by atoms with Crippen LogP contribution in [0.1, 0.15) is 45.6 Å². The maximum atomic E-state index is 12.4. The maximum absolute atomic E-state index is 12.4. The van der Waals surface area contributed by atoms with E-state index in [1.54, 1.807) is 12.0 Å². The number of carbonyl (C=O) groups is 1. The summed E-state index contributed by atoms with van der Waals surface area (Å²) in [5.41, 5.74) is 0.656. The van der Waals surface area contributed by atoms with Gasteiger partial charge in [0.1, 0.15) is 11.4 Å². The second kappa shape index (κ2) is 7.43. The molecule has 5 nitrogen and oxygen atoms in total. The molecule has 1 aliphatic heterocycles. The number of benzene rings is 1. The van der Waals surface area contributed by atoms with Gasteiger partial charge in [-0.2, -0.15) is 0 Å². The predicted octanol–water partition coefficient (Wildman–Crippen LogP) is 3.42. The van der Waals surface area contributed by atoms with E-state index in [-0.39, 0.29) is 30.6 Å². The molecule has 1 aliphatic rings. The topological polar surface area (TPSA) is 59.0 Å². The number of piperidine rings is 1. The first kappa shape index (κ1) is 18.6. The Hall–Kier alpha value is -1.75. The van der Waals surface area contributed by atoms with E-state index in [0.29, 0.717) is 6.54 Å². The Balaban J connectivity index is 2.14. The van der Waals surface area contributed by atoms with Crippen LogP contribution in [0.15, 0.2) is 24.3 Å². The Kier molecular flexibility index (Phi) is 5.75. The first-order valence-corrected chi connectivity index (χ1v) is 8.51. The maximum Gasteiger partial charge on any atom is 0.410 e. The van der Waals surface area contributed by atoms with Crippen molar-refractivity contribution in [2.45, 2.75) is 51.7 Å². The van der Waals surface area contributed by atoms with Gasteiger partial charge in [-0.05, 0) is 57.7 Å². The van der Waals surface area contributed by atoms with Gasteiger partial charge in [-0.25, -0.2) is 4.79 Å². The molecule has 1 N–H and O–H groups in total. The predicted molar refractivity (Wildman–Crippen MR) is 93.3 cm³/mol. The molecule has 0 radical (unpaired) electrons. The van der Waals surface area contributed by atoms with Crippen LogP contribution in [0, 0.1) is 5.92 Å². The van der Waals surface area contributed by atoms with Crippen LogP contribution >= 0.6 is 0 Å². The molecule has 1 aromatic carbocycles. The van der Waals surface area contributed by atoms with Crippen molar-refractivity contribution >= 4 is 6.09 Å². The molecular weight excluding hydrogens is 306 g/mol. The zero-order valence-corrected chi connectivity index (χ0v) is 15.3. The number of aliphatic hydroxyl groups excluding tert-OH is 1. The molecule has 2 rings (SSSR count). The normalized spacial score (nSPS) is 24.6. The number of hydrogen-bond donors (Lipinski definition) is 1. The van der Waals surface area contributed by atoms with Gasteiger partial charge in [-0.3, -0.25) is 0 Å². The van der Waals surface area contributed by atoms with Crippen molar-refractivity contribution in [3.8, 4) is 5.75 Å². The summed E-state index contributed by atoms with van der Waals surface area (Å²) in [6.45, 7) is 8.25. The second-order valence-corrected chi connectivity index (χ2v) is 7.43. The van der Waals surface area contributed by atoms with Crippen molar-refractivity contribution in [1.29, 1.82) is 0 Å². The summed E-state index contributed by atoms with van der Waals surface area (Å²) in [5, 5.41) is 9.92. The summed E-state index contributed by atoms with van der Waals surface area (Å²) in [7, 11) is 1.65. The fraction of sp³-hybridized carbons (Fsp3) is 0.632. The quantitative estimate of drug-likeness (QED) is 0.919. The molecule has 1 aromatic rings. The number of rotatable bonds is 3. The molecule has 3 unspecified atom stereocenters. The second-order valence-electron chi connectivity index (χ2n) is 7.43. The Morgan fingerprint density at radius 2 is 1.92 bits per heavy atom. The van der Waals surface area contributed by atoms with Crippen LogP contribution < -0.4 is 4.74 Å².